The molecular formula is C8H7FO3. The van der Waals surface area contributed by atoms with Crippen molar-refractivity contribution < 1.29 is 19.4 Å². The zero-order valence-corrected chi connectivity index (χ0v) is 6.12. The Kier molecular flexibility index (Phi) is 2.28. The Balaban J connectivity index is 3.00. The maximum Gasteiger partial charge on any atom is 0.307 e. The molecule has 1 aromatic carbocycles. The van der Waals surface area contributed by atoms with Crippen molar-refractivity contribution in [2.24, 2.45) is 0 Å². The highest BCUT2D eigenvalue weighted by Gasteiger charge is 2.08. The Morgan fingerprint density at radius 2 is 2.17 bits per heavy atom. The maximum atomic E-state index is 12.6. The fraction of sp³-hybridized carbons (Fsp3) is 0.125. The molecule has 0 saturated carbocycles. The summed E-state index contributed by atoms with van der Waals surface area (Å²) in [4.78, 5) is 10.2. The first kappa shape index (κ1) is 8.52. The average Bonchev–Trinajstić information content (AvgIpc) is 1.98. The van der Waals surface area contributed by atoms with E-state index in [-0.39, 0.29) is 12.0 Å². The van der Waals surface area contributed by atoms with Crippen LogP contribution in [-0.2, 0) is 11.2 Å². The summed E-state index contributed by atoms with van der Waals surface area (Å²) >= 11 is 0. The summed E-state index contributed by atoms with van der Waals surface area (Å²) in [5.74, 6) is -2.48. The summed E-state index contributed by atoms with van der Waals surface area (Å²) in [5.41, 5.74) is 0.0856. The molecule has 0 amide bonds. The lowest BCUT2D eigenvalue weighted by molar-refractivity contribution is -0.136. The van der Waals surface area contributed by atoms with E-state index in [1.807, 2.05) is 0 Å². The summed E-state index contributed by atoms with van der Waals surface area (Å²) in [6.07, 6.45) is -0.371. The van der Waals surface area contributed by atoms with Crippen molar-refractivity contribution in [3.05, 3.63) is 29.6 Å². The van der Waals surface area contributed by atoms with Crippen LogP contribution in [0.3, 0.4) is 0 Å². The Morgan fingerprint density at radius 1 is 1.50 bits per heavy atom. The fourth-order valence-corrected chi connectivity index (χ4v) is 0.866. The van der Waals surface area contributed by atoms with Gasteiger partial charge in [-0.1, -0.05) is 12.1 Å². The predicted molar refractivity (Wildman–Crippen MR) is 39.4 cm³/mol. The molecule has 0 aliphatic heterocycles. The van der Waals surface area contributed by atoms with E-state index in [9.17, 15) is 9.18 Å². The molecule has 1 rings (SSSR count). The zero-order valence-electron chi connectivity index (χ0n) is 6.12. The van der Waals surface area contributed by atoms with Gasteiger partial charge >= 0.3 is 5.97 Å². The third-order valence-electron chi connectivity index (χ3n) is 1.41. The van der Waals surface area contributed by atoms with Gasteiger partial charge in [0, 0.05) is 5.56 Å². The molecule has 0 bridgehead atoms. The summed E-state index contributed by atoms with van der Waals surface area (Å²) in [6, 6.07) is 3.79. The van der Waals surface area contributed by atoms with Gasteiger partial charge in [-0.05, 0) is 6.07 Å². The van der Waals surface area contributed by atoms with Gasteiger partial charge in [-0.3, -0.25) is 4.79 Å². The molecule has 0 aliphatic carbocycles. The van der Waals surface area contributed by atoms with E-state index >= 15 is 0 Å². The highest BCUT2D eigenvalue weighted by molar-refractivity contribution is 5.71. The van der Waals surface area contributed by atoms with Crippen molar-refractivity contribution in [1.82, 2.24) is 0 Å². The number of hydrogen-bond acceptors (Lipinski definition) is 2. The van der Waals surface area contributed by atoms with Crippen LogP contribution in [0, 0.1) is 5.82 Å². The van der Waals surface area contributed by atoms with Gasteiger partial charge in [0.25, 0.3) is 0 Å². The summed E-state index contributed by atoms with van der Waals surface area (Å²) in [5, 5.41) is 17.4. The molecule has 2 N–H and O–H groups in total. The number of carbonyl (C=O) groups is 1. The predicted octanol–water partition coefficient (Wildman–Crippen LogP) is 1.16. The number of hydrogen-bond donors (Lipinski definition) is 2. The maximum absolute atomic E-state index is 12.6. The third kappa shape index (κ3) is 1.72. The molecule has 0 atom stereocenters. The van der Waals surface area contributed by atoms with Crippen LogP contribution in [0.5, 0.6) is 5.75 Å². The van der Waals surface area contributed by atoms with Crippen LogP contribution in [0.1, 0.15) is 5.56 Å². The second-order valence-electron chi connectivity index (χ2n) is 2.32. The number of aromatic hydroxyl groups is 1. The highest BCUT2D eigenvalue weighted by Crippen LogP contribution is 2.20. The lowest BCUT2D eigenvalue weighted by Crippen LogP contribution is -2.00. The van der Waals surface area contributed by atoms with Crippen molar-refractivity contribution in [3.63, 3.8) is 0 Å². The molecule has 0 radical (unpaired) electrons. The second-order valence-corrected chi connectivity index (χ2v) is 2.32. The summed E-state index contributed by atoms with van der Waals surface area (Å²) in [7, 11) is 0. The van der Waals surface area contributed by atoms with E-state index in [4.69, 9.17) is 10.2 Å². The minimum absolute atomic E-state index is 0.0856. The monoisotopic (exact) mass is 170 g/mol. The van der Waals surface area contributed by atoms with Crippen LogP contribution in [0.25, 0.3) is 0 Å². The Morgan fingerprint density at radius 3 is 2.75 bits per heavy atom. The number of rotatable bonds is 2. The minimum Gasteiger partial charge on any atom is -0.505 e. The van der Waals surface area contributed by atoms with Gasteiger partial charge in [-0.15, -0.1) is 0 Å². The van der Waals surface area contributed by atoms with E-state index in [1.54, 1.807) is 0 Å². The second kappa shape index (κ2) is 3.21. The van der Waals surface area contributed by atoms with E-state index in [2.05, 4.69) is 0 Å². The van der Waals surface area contributed by atoms with Crippen LogP contribution >= 0.6 is 0 Å². The molecule has 0 spiro atoms. The van der Waals surface area contributed by atoms with Crippen LogP contribution in [0.4, 0.5) is 4.39 Å². The Bertz CT molecular complexity index is 309. The average molecular weight is 170 g/mol. The molecule has 0 fully saturated rings. The van der Waals surface area contributed by atoms with Crippen molar-refractivity contribution in [2.45, 2.75) is 6.42 Å². The summed E-state index contributed by atoms with van der Waals surface area (Å²) < 4.78 is 12.6. The van der Waals surface area contributed by atoms with Crippen molar-refractivity contribution in [3.8, 4) is 5.75 Å². The smallest absolute Gasteiger partial charge is 0.307 e. The number of phenolic OH excluding ortho intramolecular Hbond substituents is 1. The number of carboxylic acid groups (broad SMARTS) is 1. The van der Waals surface area contributed by atoms with Gasteiger partial charge in [0.2, 0.25) is 0 Å². The van der Waals surface area contributed by atoms with E-state index in [1.165, 1.54) is 12.1 Å². The molecule has 0 unspecified atom stereocenters. The van der Waals surface area contributed by atoms with Gasteiger partial charge < -0.3 is 10.2 Å². The Labute approximate surface area is 68.1 Å². The van der Waals surface area contributed by atoms with Crippen LogP contribution < -0.4 is 0 Å². The molecule has 0 heterocycles. The minimum atomic E-state index is -1.10. The largest absolute Gasteiger partial charge is 0.505 e. The molecule has 0 aromatic heterocycles. The van der Waals surface area contributed by atoms with Crippen LogP contribution in [0.2, 0.25) is 0 Å². The molecule has 1 aromatic rings. The van der Waals surface area contributed by atoms with Crippen LogP contribution in [0.15, 0.2) is 18.2 Å². The summed E-state index contributed by atoms with van der Waals surface area (Å²) in [6.45, 7) is 0. The SMILES string of the molecule is O=C(O)Cc1cccc(F)c1O. The molecule has 3 nitrogen and oxygen atoms in total. The van der Waals surface area contributed by atoms with Gasteiger partial charge in [0.05, 0.1) is 6.42 Å². The highest BCUT2D eigenvalue weighted by atomic mass is 19.1. The third-order valence-corrected chi connectivity index (χ3v) is 1.41. The van der Waals surface area contributed by atoms with Crippen molar-refractivity contribution >= 4 is 5.97 Å². The zero-order chi connectivity index (χ0) is 9.14. The van der Waals surface area contributed by atoms with Gasteiger partial charge in [0.15, 0.2) is 11.6 Å². The number of benzene rings is 1. The first-order valence-electron chi connectivity index (χ1n) is 3.29. The fourth-order valence-electron chi connectivity index (χ4n) is 0.866. The molecule has 12 heavy (non-hydrogen) atoms. The number of carboxylic acids is 1. The lowest BCUT2D eigenvalue weighted by atomic mass is 10.1. The van der Waals surface area contributed by atoms with Gasteiger partial charge in [-0.25, -0.2) is 4.39 Å². The number of para-hydroxylation sites is 1. The van der Waals surface area contributed by atoms with Crippen molar-refractivity contribution in [1.29, 1.82) is 0 Å². The molecular weight excluding hydrogens is 163 g/mol. The Hall–Kier alpha value is -1.58. The lowest BCUT2D eigenvalue weighted by Gasteiger charge is -2.00. The number of phenols is 1. The van der Waals surface area contributed by atoms with E-state index in [0.717, 1.165) is 6.07 Å². The topological polar surface area (TPSA) is 57.5 Å². The van der Waals surface area contributed by atoms with Crippen LogP contribution in [-0.4, -0.2) is 16.2 Å². The first-order chi connectivity index (χ1) is 5.61. The van der Waals surface area contributed by atoms with Gasteiger partial charge in [-0.2, -0.15) is 0 Å². The van der Waals surface area contributed by atoms with E-state index in [0.29, 0.717) is 0 Å². The van der Waals surface area contributed by atoms with Gasteiger partial charge in [0.1, 0.15) is 0 Å². The van der Waals surface area contributed by atoms with Crippen molar-refractivity contribution in [2.75, 3.05) is 0 Å². The molecule has 0 aliphatic rings. The standard InChI is InChI=1S/C8H7FO3/c9-6-3-1-2-5(8(6)12)4-7(10)11/h1-3,12H,4H2,(H,10,11). The normalized spacial score (nSPS) is 9.75. The number of aliphatic carboxylic acids is 1. The molecule has 64 valence electrons. The first-order valence-corrected chi connectivity index (χ1v) is 3.29. The number of halogens is 1. The van der Waals surface area contributed by atoms with E-state index < -0.39 is 17.5 Å². The molecule has 0 saturated heterocycles. The quantitative estimate of drug-likeness (QED) is 0.700. The molecule has 4 heteroatoms.